The molecule has 1 rings (SSSR count). The first-order valence-corrected chi connectivity index (χ1v) is 6.39. The van der Waals surface area contributed by atoms with Crippen molar-refractivity contribution in [2.45, 2.75) is 59.0 Å². The molecule has 92 valence electrons. The number of ether oxygens (including phenoxy) is 1. The van der Waals surface area contributed by atoms with Gasteiger partial charge in [-0.3, -0.25) is 4.79 Å². The van der Waals surface area contributed by atoms with Gasteiger partial charge in [0.2, 0.25) is 0 Å². The van der Waals surface area contributed by atoms with Crippen LogP contribution in [0.3, 0.4) is 0 Å². The maximum Gasteiger partial charge on any atom is 0.306 e. The molecule has 2 heteroatoms. The van der Waals surface area contributed by atoms with Gasteiger partial charge in [0.15, 0.2) is 0 Å². The lowest BCUT2D eigenvalue weighted by Gasteiger charge is -2.34. The van der Waals surface area contributed by atoms with Gasteiger partial charge in [-0.1, -0.05) is 26.0 Å². The fourth-order valence-electron chi connectivity index (χ4n) is 2.45. The normalized spacial score (nSPS) is 29.8. The third-order valence-electron chi connectivity index (χ3n) is 3.42. The van der Waals surface area contributed by atoms with E-state index in [1.54, 1.807) is 0 Å². The second-order valence-corrected chi connectivity index (χ2v) is 5.15. The highest BCUT2D eigenvalue weighted by Gasteiger charge is 2.31. The van der Waals surface area contributed by atoms with Gasteiger partial charge in [-0.2, -0.15) is 0 Å². The maximum absolute atomic E-state index is 11.5. The molecule has 0 heterocycles. The summed E-state index contributed by atoms with van der Waals surface area (Å²) < 4.78 is 5.58. The van der Waals surface area contributed by atoms with Crippen LogP contribution in [0, 0.1) is 11.8 Å². The number of carbonyl (C=O) groups excluding carboxylic acids is 1. The summed E-state index contributed by atoms with van der Waals surface area (Å²) in [5.41, 5.74) is 1.15. The van der Waals surface area contributed by atoms with Crippen LogP contribution in [0.4, 0.5) is 0 Å². The Labute approximate surface area is 99.1 Å². The van der Waals surface area contributed by atoms with Crippen molar-refractivity contribution in [3.8, 4) is 0 Å². The molecule has 2 nitrogen and oxygen atoms in total. The molecule has 0 radical (unpaired) electrons. The summed E-state index contributed by atoms with van der Waals surface area (Å²) in [5.74, 6) is 0.986. The first kappa shape index (κ1) is 13.3. The fraction of sp³-hybridized carbons (Fsp3) is 0.786. The Balaban J connectivity index is 2.57. The van der Waals surface area contributed by atoms with Crippen LogP contribution in [0.2, 0.25) is 0 Å². The van der Waals surface area contributed by atoms with Gasteiger partial charge in [-0.25, -0.2) is 0 Å². The zero-order valence-corrected chi connectivity index (χ0v) is 10.8. The highest BCUT2D eigenvalue weighted by atomic mass is 16.5. The van der Waals surface area contributed by atoms with E-state index in [4.69, 9.17) is 4.74 Å². The fourth-order valence-corrected chi connectivity index (χ4v) is 2.45. The Morgan fingerprint density at radius 1 is 1.44 bits per heavy atom. The largest absolute Gasteiger partial charge is 0.462 e. The average molecular weight is 224 g/mol. The molecule has 0 aromatic heterocycles. The Hall–Kier alpha value is -0.790. The molecule has 0 amide bonds. The number of hydrogen-bond donors (Lipinski definition) is 0. The van der Waals surface area contributed by atoms with E-state index in [-0.39, 0.29) is 12.1 Å². The predicted octanol–water partition coefficient (Wildman–Crippen LogP) is 3.71. The molecule has 1 aliphatic carbocycles. The van der Waals surface area contributed by atoms with Crippen LogP contribution in [0.5, 0.6) is 0 Å². The zero-order valence-electron chi connectivity index (χ0n) is 10.8. The van der Waals surface area contributed by atoms with Crippen molar-refractivity contribution in [2.24, 2.45) is 11.8 Å². The molecule has 1 saturated carbocycles. The summed E-state index contributed by atoms with van der Waals surface area (Å²) in [6.45, 7) is 10.3. The molecular formula is C14H24O2. The van der Waals surface area contributed by atoms with Crippen LogP contribution < -0.4 is 0 Å². The summed E-state index contributed by atoms with van der Waals surface area (Å²) in [4.78, 5) is 11.5. The minimum atomic E-state index is -0.0483. The van der Waals surface area contributed by atoms with Crippen LogP contribution in [0.25, 0.3) is 0 Å². The number of esters is 1. The standard InChI is InChI=1S/C14H24O2/c1-5-6-14(15)16-13-9-11(4)7-8-12(13)10(2)3/h11-13H,2,5-9H2,1,3-4H3. The molecular weight excluding hydrogens is 200 g/mol. The molecule has 0 bridgehead atoms. The average Bonchev–Trinajstić information content (AvgIpc) is 2.17. The molecule has 0 aliphatic heterocycles. The van der Waals surface area contributed by atoms with Crippen LogP contribution in [-0.2, 0) is 9.53 Å². The lowest BCUT2D eigenvalue weighted by atomic mass is 9.77. The smallest absolute Gasteiger partial charge is 0.306 e. The topological polar surface area (TPSA) is 26.3 Å². The molecule has 3 unspecified atom stereocenters. The van der Waals surface area contributed by atoms with Gasteiger partial charge in [-0.05, 0) is 38.5 Å². The van der Waals surface area contributed by atoms with Gasteiger partial charge in [0, 0.05) is 12.3 Å². The van der Waals surface area contributed by atoms with E-state index >= 15 is 0 Å². The molecule has 0 spiro atoms. The van der Waals surface area contributed by atoms with E-state index in [0.29, 0.717) is 18.3 Å². The van der Waals surface area contributed by atoms with E-state index < -0.39 is 0 Å². The summed E-state index contributed by atoms with van der Waals surface area (Å²) in [5, 5.41) is 0. The third-order valence-corrected chi connectivity index (χ3v) is 3.42. The highest BCUT2D eigenvalue weighted by Crippen LogP contribution is 2.34. The zero-order chi connectivity index (χ0) is 12.1. The summed E-state index contributed by atoms with van der Waals surface area (Å²) >= 11 is 0. The lowest BCUT2D eigenvalue weighted by Crippen LogP contribution is -2.33. The Morgan fingerprint density at radius 2 is 2.12 bits per heavy atom. The predicted molar refractivity (Wildman–Crippen MR) is 66.1 cm³/mol. The Morgan fingerprint density at radius 3 is 2.69 bits per heavy atom. The van der Waals surface area contributed by atoms with Gasteiger partial charge in [0.1, 0.15) is 6.10 Å². The van der Waals surface area contributed by atoms with Crippen LogP contribution in [-0.4, -0.2) is 12.1 Å². The van der Waals surface area contributed by atoms with Crippen LogP contribution in [0.15, 0.2) is 12.2 Å². The molecule has 3 atom stereocenters. The van der Waals surface area contributed by atoms with Crippen molar-refractivity contribution in [3.05, 3.63) is 12.2 Å². The van der Waals surface area contributed by atoms with Crippen LogP contribution in [0.1, 0.15) is 52.9 Å². The maximum atomic E-state index is 11.5. The molecule has 0 N–H and O–H groups in total. The van der Waals surface area contributed by atoms with Crippen molar-refractivity contribution >= 4 is 5.97 Å². The van der Waals surface area contributed by atoms with E-state index in [9.17, 15) is 4.79 Å². The van der Waals surface area contributed by atoms with Crippen molar-refractivity contribution in [1.29, 1.82) is 0 Å². The van der Waals surface area contributed by atoms with Gasteiger partial charge >= 0.3 is 5.97 Å². The molecule has 0 saturated heterocycles. The molecule has 0 aromatic carbocycles. The first-order chi connectivity index (χ1) is 7.54. The second kappa shape index (κ2) is 6.07. The minimum Gasteiger partial charge on any atom is -0.462 e. The lowest BCUT2D eigenvalue weighted by molar-refractivity contribution is -0.153. The van der Waals surface area contributed by atoms with E-state index in [1.165, 1.54) is 6.42 Å². The quantitative estimate of drug-likeness (QED) is 0.537. The number of rotatable bonds is 4. The van der Waals surface area contributed by atoms with Crippen molar-refractivity contribution in [2.75, 3.05) is 0 Å². The van der Waals surface area contributed by atoms with Crippen molar-refractivity contribution < 1.29 is 9.53 Å². The summed E-state index contributed by atoms with van der Waals surface area (Å²) in [6.07, 6.45) is 4.79. The molecule has 0 aromatic rings. The highest BCUT2D eigenvalue weighted by molar-refractivity contribution is 5.69. The monoisotopic (exact) mass is 224 g/mol. The van der Waals surface area contributed by atoms with Gasteiger partial charge in [0.25, 0.3) is 0 Å². The molecule has 1 fully saturated rings. The number of hydrogen-bond acceptors (Lipinski definition) is 2. The first-order valence-electron chi connectivity index (χ1n) is 6.39. The van der Waals surface area contributed by atoms with Gasteiger partial charge in [-0.15, -0.1) is 0 Å². The Bertz CT molecular complexity index is 257. The Kier molecular flexibility index (Phi) is 5.04. The van der Waals surface area contributed by atoms with E-state index in [0.717, 1.165) is 24.8 Å². The van der Waals surface area contributed by atoms with Gasteiger partial charge in [0.05, 0.1) is 0 Å². The van der Waals surface area contributed by atoms with E-state index in [2.05, 4.69) is 13.5 Å². The van der Waals surface area contributed by atoms with Gasteiger partial charge < -0.3 is 4.74 Å². The summed E-state index contributed by atoms with van der Waals surface area (Å²) in [7, 11) is 0. The minimum absolute atomic E-state index is 0.0483. The van der Waals surface area contributed by atoms with E-state index in [1.807, 2.05) is 13.8 Å². The third kappa shape index (κ3) is 3.66. The SMILES string of the molecule is C=C(C)C1CCC(C)CC1OC(=O)CCC. The molecule has 1 aliphatic rings. The van der Waals surface area contributed by atoms with Crippen molar-refractivity contribution in [1.82, 2.24) is 0 Å². The second-order valence-electron chi connectivity index (χ2n) is 5.15. The van der Waals surface area contributed by atoms with Crippen LogP contribution >= 0.6 is 0 Å². The molecule has 16 heavy (non-hydrogen) atoms. The number of carbonyl (C=O) groups is 1. The van der Waals surface area contributed by atoms with Crippen molar-refractivity contribution in [3.63, 3.8) is 0 Å². The summed E-state index contributed by atoms with van der Waals surface area (Å²) in [6, 6.07) is 0.